The molecule has 6 nitrogen and oxygen atoms in total. The molecule has 0 unspecified atom stereocenters. The highest BCUT2D eigenvalue weighted by molar-refractivity contribution is 5.87. The fourth-order valence-electron chi connectivity index (χ4n) is 3.75. The Balaban J connectivity index is 1.49. The Bertz CT molecular complexity index is 867. The van der Waals surface area contributed by atoms with Gasteiger partial charge in [0.05, 0.1) is 32.7 Å². The van der Waals surface area contributed by atoms with Crippen molar-refractivity contribution >= 4 is 28.3 Å². The van der Waals surface area contributed by atoms with Crippen LogP contribution < -0.4 is 15.1 Å². The van der Waals surface area contributed by atoms with Crippen molar-refractivity contribution in [3.8, 4) is 0 Å². The molecular formula is C23H33N4O2+. The van der Waals surface area contributed by atoms with Crippen molar-refractivity contribution in [3.63, 3.8) is 0 Å². The minimum Gasteiger partial charge on any atom is -0.365 e. The van der Waals surface area contributed by atoms with Crippen molar-refractivity contribution in [1.82, 2.24) is 10.2 Å². The molecule has 29 heavy (non-hydrogen) atoms. The van der Waals surface area contributed by atoms with E-state index >= 15 is 0 Å². The topological polar surface area (TPSA) is 57.1 Å². The summed E-state index contributed by atoms with van der Waals surface area (Å²) < 4.78 is 0. The smallest absolute Gasteiger partial charge is 0.275 e. The summed E-state index contributed by atoms with van der Waals surface area (Å²) in [5.74, 6) is 0.210. The number of benzene rings is 2. The highest BCUT2D eigenvalue weighted by Gasteiger charge is 2.26. The summed E-state index contributed by atoms with van der Waals surface area (Å²) in [6, 6.07) is 14.5. The number of nitrogens with zero attached hydrogens (tertiary/aromatic N) is 2. The van der Waals surface area contributed by atoms with Gasteiger partial charge in [-0.1, -0.05) is 30.3 Å². The molecule has 156 valence electrons. The van der Waals surface area contributed by atoms with Crippen molar-refractivity contribution in [2.24, 2.45) is 0 Å². The maximum Gasteiger partial charge on any atom is 0.275 e. The summed E-state index contributed by atoms with van der Waals surface area (Å²) in [7, 11) is 1.96. The number of piperazine rings is 1. The Morgan fingerprint density at radius 3 is 2.38 bits per heavy atom. The highest BCUT2D eigenvalue weighted by Crippen LogP contribution is 2.21. The van der Waals surface area contributed by atoms with E-state index in [1.54, 1.807) is 0 Å². The first-order valence-corrected chi connectivity index (χ1v) is 10.3. The van der Waals surface area contributed by atoms with Crippen molar-refractivity contribution in [3.05, 3.63) is 42.5 Å². The first kappa shape index (κ1) is 21.1. The number of hydrogen-bond acceptors (Lipinski definition) is 3. The van der Waals surface area contributed by atoms with Gasteiger partial charge in [0.15, 0.2) is 6.54 Å². The number of carbonyl (C=O) groups is 2. The molecule has 1 saturated heterocycles. The van der Waals surface area contributed by atoms with Crippen LogP contribution in [-0.4, -0.2) is 68.6 Å². The lowest BCUT2D eigenvalue weighted by Crippen LogP contribution is -3.16. The molecule has 1 heterocycles. The minimum atomic E-state index is -0.207. The standard InChI is InChI=1S/C23H32N4O2/c1-23(2,3)24-21(28)16-26-11-13-27(14-12-26)22(29)17-25(4)20-10-9-18-7-5-6-8-19(18)15-20/h5-10,15H,11-14,16-17H2,1-4H3,(H,24,28)/p+1. The van der Waals surface area contributed by atoms with Crippen LogP contribution in [0.4, 0.5) is 5.69 Å². The predicted octanol–water partition coefficient (Wildman–Crippen LogP) is 0.918. The van der Waals surface area contributed by atoms with Gasteiger partial charge in [0.1, 0.15) is 0 Å². The molecule has 1 aliphatic heterocycles. The third-order valence-electron chi connectivity index (χ3n) is 5.29. The lowest BCUT2D eigenvalue weighted by atomic mass is 10.1. The van der Waals surface area contributed by atoms with E-state index in [0.717, 1.165) is 18.8 Å². The molecule has 0 bridgehead atoms. The number of fused-ring (bicyclic) bond motifs is 1. The molecule has 1 fully saturated rings. The summed E-state index contributed by atoms with van der Waals surface area (Å²) in [5, 5.41) is 5.39. The normalized spacial score (nSPS) is 15.4. The van der Waals surface area contributed by atoms with Crippen molar-refractivity contribution in [2.45, 2.75) is 26.3 Å². The highest BCUT2D eigenvalue weighted by atomic mass is 16.2. The van der Waals surface area contributed by atoms with Gasteiger partial charge < -0.3 is 20.0 Å². The van der Waals surface area contributed by atoms with E-state index in [2.05, 4.69) is 35.6 Å². The van der Waals surface area contributed by atoms with E-state index in [1.165, 1.54) is 15.7 Å². The molecule has 2 aromatic carbocycles. The quantitative estimate of drug-likeness (QED) is 0.789. The van der Waals surface area contributed by atoms with E-state index < -0.39 is 0 Å². The molecule has 0 saturated carbocycles. The first-order valence-electron chi connectivity index (χ1n) is 10.3. The number of carbonyl (C=O) groups excluding carboxylic acids is 2. The van der Waals surface area contributed by atoms with Gasteiger partial charge in [-0.15, -0.1) is 0 Å². The van der Waals surface area contributed by atoms with Crippen LogP contribution in [0.25, 0.3) is 10.8 Å². The molecule has 0 atom stereocenters. The van der Waals surface area contributed by atoms with Crippen LogP contribution >= 0.6 is 0 Å². The second-order valence-electron chi connectivity index (χ2n) is 8.99. The zero-order chi connectivity index (χ0) is 21.0. The lowest BCUT2D eigenvalue weighted by Gasteiger charge is -2.33. The largest absolute Gasteiger partial charge is 0.365 e. The fourth-order valence-corrected chi connectivity index (χ4v) is 3.75. The zero-order valence-corrected chi connectivity index (χ0v) is 18.0. The molecule has 2 amide bonds. The molecule has 0 aliphatic carbocycles. The van der Waals surface area contributed by atoms with Crippen LogP contribution in [0.1, 0.15) is 20.8 Å². The van der Waals surface area contributed by atoms with Crippen LogP contribution in [0.3, 0.4) is 0 Å². The van der Waals surface area contributed by atoms with Gasteiger partial charge in [0.2, 0.25) is 5.91 Å². The number of anilines is 1. The number of amides is 2. The average Bonchev–Trinajstić information content (AvgIpc) is 2.66. The average molecular weight is 398 g/mol. The summed E-state index contributed by atoms with van der Waals surface area (Å²) in [6.07, 6.45) is 0. The molecule has 2 N–H and O–H groups in total. The minimum absolute atomic E-state index is 0.0725. The van der Waals surface area contributed by atoms with Gasteiger partial charge in [-0.25, -0.2) is 0 Å². The van der Waals surface area contributed by atoms with Crippen LogP contribution in [0.15, 0.2) is 42.5 Å². The Kier molecular flexibility index (Phi) is 6.42. The fraction of sp³-hybridized carbons (Fsp3) is 0.478. The van der Waals surface area contributed by atoms with Gasteiger partial charge in [0, 0.05) is 18.3 Å². The van der Waals surface area contributed by atoms with Gasteiger partial charge in [-0.05, 0) is 43.7 Å². The van der Waals surface area contributed by atoms with E-state index in [4.69, 9.17) is 0 Å². The summed E-state index contributed by atoms with van der Waals surface area (Å²) in [4.78, 5) is 30.0. The van der Waals surface area contributed by atoms with E-state index in [1.807, 2.05) is 49.8 Å². The second kappa shape index (κ2) is 8.82. The SMILES string of the molecule is CN(CC(=O)N1CC[NH+](CC(=O)NC(C)(C)C)CC1)c1ccc2ccccc2c1. The third-order valence-corrected chi connectivity index (χ3v) is 5.29. The zero-order valence-electron chi connectivity index (χ0n) is 18.0. The molecule has 6 heteroatoms. The number of hydrogen-bond donors (Lipinski definition) is 2. The van der Waals surface area contributed by atoms with Gasteiger partial charge in [-0.2, -0.15) is 0 Å². The van der Waals surface area contributed by atoms with E-state index in [0.29, 0.717) is 26.2 Å². The number of rotatable bonds is 5. The molecule has 1 aliphatic rings. The van der Waals surface area contributed by atoms with Crippen molar-refractivity contribution < 1.29 is 14.5 Å². The van der Waals surface area contributed by atoms with E-state index in [9.17, 15) is 9.59 Å². The summed E-state index contributed by atoms with van der Waals surface area (Å²) >= 11 is 0. The maximum atomic E-state index is 12.8. The second-order valence-corrected chi connectivity index (χ2v) is 8.99. The van der Waals surface area contributed by atoms with Crippen molar-refractivity contribution in [2.75, 3.05) is 51.2 Å². The summed E-state index contributed by atoms with van der Waals surface area (Å²) in [5.41, 5.74) is 0.835. The van der Waals surface area contributed by atoms with Crippen LogP contribution in [0, 0.1) is 0 Å². The van der Waals surface area contributed by atoms with E-state index in [-0.39, 0.29) is 17.4 Å². The predicted molar refractivity (Wildman–Crippen MR) is 117 cm³/mol. The van der Waals surface area contributed by atoms with Crippen molar-refractivity contribution in [1.29, 1.82) is 0 Å². The Morgan fingerprint density at radius 2 is 1.72 bits per heavy atom. The van der Waals surface area contributed by atoms with Gasteiger partial charge >= 0.3 is 0 Å². The van der Waals surface area contributed by atoms with Crippen LogP contribution in [0.2, 0.25) is 0 Å². The molecule has 2 aromatic rings. The third kappa shape index (κ3) is 5.94. The monoisotopic (exact) mass is 397 g/mol. The van der Waals surface area contributed by atoms with Gasteiger partial charge in [-0.3, -0.25) is 9.59 Å². The van der Waals surface area contributed by atoms with Gasteiger partial charge in [0.25, 0.3) is 5.91 Å². The first-order chi connectivity index (χ1) is 13.7. The summed E-state index contributed by atoms with van der Waals surface area (Å²) in [6.45, 7) is 9.81. The number of quaternary nitrogens is 1. The van der Waals surface area contributed by atoms with Crippen LogP contribution in [0.5, 0.6) is 0 Å². The number of nitrogens with one attached hydrogen (secondary N) is 2. The molecular weight excluding hydrogens is 364 g/mol. The van der Waals surface area contributed by atoms with Crippen LogP contribution in [-0.2, 0) is 9.59 Å². The maximum absolute atomic E-state index is 12.8. The molecule has 0 aromatic heterocycles. The Labute approximate surface area is 173 Å². The molecule has 3 rings (SSSR count). The Hall–Kier alpha value is -2.60. The molecule has 0 radical (unpaired) electrons. The Morgan fingerprint density at radius 1 is 1.07 bits per heavy atom. The lowest BCUT2D eigenvalue weighted by molar-refractivity contribution is -0.896. The number of likely N-dealkylation sites (N-methyl/N-ethyl adjacent to an activating group) is 1. The molecule has 0 spiro atoms.